The van der Waals surface area contributed by atoms with Gasteiger partial charge in [0.1, 0.15) is 10.8 Å². The molecule has 1 unspecified atom stereocenters. The lowest BCUT2D eigenvalue weighted by atomic mass is 10.1. The Bertz CT molecular complexity index is 1280. The lowest BCUT2D eigenvalue weighted by molar-refractivity contribution is -0.113. The summed E-state index contributed by atoms with van der Waals surface area (Å²) in [6, 6.07) is 7.89. The summed E-state index contributed by atoms with van der Waals surface area (Å²) in [6.45, 7) is 9.00. The van der Waals surface area contributed by atoms with Gasteiger partial charge in [0.05, 0.1) is 22.3 Å². The van der Waals surface area contributed by atoms with E-state index >= 15 is 0 Å². The van der Waals surface area contributed by atoms with E-state index in [9.17, 15) is 14.4 Å². The number of benzene rings is 1. The zero-order chi connectivity index (χ0) is 27.3. The number of nitrogens with one attached hydrogen (secondary N) is 1. The molecule has 1 aromatic carbocycles. The first kappa shape index (κ1) is 28.2. The van der Waals surface area contributed by atoms with E-state index in [0.717, 1.165) is 23.5 Å². The van der Waals surface area contributed by atoms with Crippen LogP contribution in [0.25, 0.3) is 0 Å². The molecule has 1 atom stereocenters. The largest absolute Gasteiger partial charge is 0.483 e. The number of aromatic nitrogens is 3. The molecule has 3 aromatic rings. The van der Waals surface area contributed by atoms with Crippen molar-refractivity contribution in [2.24, 2.45) is 12.8 Å². The van der Waals surface area contributed by atoms with Crippen LogP contribution in [0.15, 0.2) is 29.4 Å². The van der Waals surface area contributed by atoms with Crippen LogP contribution in [0.4, 0.5) is 5.00 Å². The average Bonchev–Trinajstić information content (AvgIpc) is 3.37. The Balaban J connectivity index is 1.67. The van der Waals surface area contributed by atoms with Crippen molar-refractivity contribution in [3.63, 3.8) is 0 Å². The molecule has 2 heterocycles. The molecule has 2 aromatic heterocycles. The number of carbonyl (C=O) groups excluding carboxylic acids is 3. The molecule has 12 heteroatoms. The molecule has 3 rings (SSSR count). The molecule has 0 radical (unpaired) electrons. The Morgan fingerprint density at radius 2 is 1.84 bits per heavy atom. The fourth-order valence-electron chi connectivity index (χ4n) is 3.51. The Kier molecular flexibility index (Phi) is 9.33. The van der Waals surface area contributed by atoms with Crippen molar-refractivity contribution < 1.29 is 23.9 Å². The first-order valence-corrected chi connectivity index (χ1v) is 13.5. The molecule has 3 N–H and O–H groups in total. The number of primary amides is 1. The van der Waals surface area contributed by atoms with Crippen molar-refractivity contribution in [1.29, 1.82) is 0 Å². The number of thiophene rings is 1. The highest BCUT2D eigenvalue weighted by Crippen LogP contribution is 2.34. The van der Waals surface area contributed by atoms with Gasteiger partial charge in [-0.2, -0.15) is 0 Å². The summed E-state index contributed by atoms with van der Waals surface area (Å²) in [5.41, 5.74) is 7.17. The molecule has 0 aliphatic rings. The molecule has 0 fully saturated rings. The summed E-state index contributed by atoms with van der Waals surface area (Å²) in [4.78, 5) is 37.3. The van der Waals surface area contributed by atoms with E-state index in [4.69, 9.17) is 15.2 Å². The number of carbonyl (C=O) groups is 3. The maximum absolute atomic E-state index is 12.7. The Labute approximate surface area is 223 Å². The second-order valence-electron chi connectivity index (χ2n) is 8.57. The van der Waals surface area contributed by atoms with Crippen molar-refractivity contribution in [3.8, 4) is 5.75 Å². The minimum absolute atomic E-state index is 0.00120. The number of amides is 2. The molecule has 0 spiro atoms. The lowest BCUT2D eigenvalue weighted by Crippen LogP contribution is -2.18. The number of nitrogens with zero attached hydrogens (tertiary/aromatic N) is 3. The van der Waals surface area contributed by atoms with Crippen LogP contribution in [-0.2, 0) is 23.0 Å². The third-order valence-corrected chi connectivity index (χ3v) is 7.62. The third kappa shape index (κ3) is 6.89. The second-order valence-corrected chi connectivity index (χ2v) is 10.5. The summed E-state index contributed by atoms with van der Waals surface area (Å²) in [5, 5.41) is 11.9. The maximum atomic E-state index is 12.7. The van der Waals surface area contributed by atoms with Crippen LogP contribution < -0.4 is 15.8 Å². The van der Waals surface area contributed by atoms with E-state index in [1.54, 1.807) is 32.4 Å². The average molecular weight is 546 g/mol. The summed E-state index contributed by atoms with van der Waals surface area (Å²) < 4.78 is 13.1. The number of esters is 1. The number of hydrogen-bond donors (Lipinski definition) is 2. The molecule has 0 aliphatic carbocycles. The van der Waals surface area contributed by atoms with Gasteiger partial charge in [0.25, 0.3) is 5.91 Å². The number of thioether (sulfide) groups is 1. The predicted octanol–water partition coefficient (Wildman–Crippen LogP) is 4.28. The molecule has 37 heavy (non-hydrogen) atoms. The minimum atomic E-state index is -0.680. The topological polar surface area (TPSA) is 138 Å². The number of rotatable bonds is 11. The zero-order valence-electron chi connectivity index (χ0n) is 21.7. The standard InChI is InChI=1S/C25H31N5O5S2/c1-7-16-8-10-17(11-9-16)35-15(5)22-28-29-25(30(22)6)36-12-18(31)27-23-19(24(33)34-13(2)3)14(4)20(37-23)21(26)32/h8-11,13,15H,7,12H2,1-6H3,(H2,26,32)(H,27,31). The van der Waals surface area contributed by atoms with Gasteiger partial charge in [-0.05, 0) is 57.4 Å². The van der Waals surface area contributed by atoms with Gasteiger partial charge >= 0.3 is 5.97 Å². The van der Waals surface area contributed by atoms with E-state index in [2.05, 4.69) is 22.4 Å². The van der Waals surface area contributed by atoms with Gasteiger partial charge in [-0.25, -0.2) is 4.79 Å². The molecule has 0 bridgehead atoms. The molecule has 2 amide bonds. The van der Waals surface area contributed by atoms with Gasteiger partial charge in [0.15, 0.2) is 17.1 Å². The Hall–Kier alpha value is -3.38. The van der Waals surface area contributed by atoms with Crippen LogP contribution in [0.2, 0.25) is 0 Å². The second kappa shape index (κ2) is 12.2. The van der Waals surface area contributed by atoms with E-state index in [-0.39, 0.29) is 39.3 Å². The monoisotopic (exact) mass is 545 g/mol. The van der Waals surface area contributed by atoms with Crippen LogP contribution in [-0.4, -0.2) is 44.4 Å². The van der Waals surface area contributed by atoms with Crippen LogP contribution in [0.3, 0.4) is 0 Å². The summed E-state index contributed by atoms with van der Waals surface area (Å²) in [7, 11) is 1.80. The van der Waals surface area contributed by atoms with Crippen LogP contribution in [0.1, 0.15) is 70.8 Å². The minimum Gasteiger partial charge on any atom is -0.483 e. The van der Waals surface area contributed by atoms with Gasteiger partial charge in [-0.15, -0.1) is 21.5 Å². The highest BCUT2D eigenvalue weighted by atomic mass is 32.2. The molecule has 0 saturated heterocycles. The molecule has 10 nitrogen and oxygen atoms in total. The SMILES string of the molecule is CCc1ccc(OC(C)c2nnc(SCC(=O)Nc3sc(C(N)=O)c(C)c3C(=O)OC(C)C)n2C)cc1. The van der Waals surface area contributed by atoms with Gasteiger partial charge in [-0.1, -0.05) is 30.8 Å². The van der Waals surface area contributed by atoms with Crippen molar-refractivity contribution in [1.82, 2.24) is 14.8 Å². The number of hydrogen-bond acceptors (Lipinski definition) is 9. The Morgan fingerprint density at radius 3 is 2.43 bits per heavy atom. The summed E-state index contributed by atoms with van der Waals surface area (Å²) in [5.74, 6) is -0.349. The van der Waals surface area contributed by atoms with E-state index in [0.29, 0.717) is 16.5 Å². The van der Waals surface area contributed by atoms with Crippen molar-refractivity contribution in [2.45, 2.75) is 58.4 Å². The maximum Gasteiger partial charge on any atom is 0.341 e. The van der Waals surface area contributed by atoms with Crippen LogP contribution in [0.5, 0.6) is 5.75 Å². The van der Waals surface area contributed by atoms with Gasteiger partial charge in [0.2, 0.25) is 5.91 Å². The highest BCUT2D eigenvalue weighted by molar-refractivity contribution is 7.99. The third-order valence-electron chi connectivity index (χ3n) is 5.38. The normalized spacial score (nSPS) is 11.9. The molecular weight excluding hydrogens is 514 g/mol. The van der Waals surface area contributed by atoms with Crippen LogP contribution >= 0.6 is 23.1 Å². The van der Waals surface area contributed by atoms with Gasteiger partial charge in [-0.3, -0.25) is 9.59 Å². The van der Waals surface area contributed by atoms with E-state index in [1.807, 2.05) is 31.2 Å². The zero-order valence-corrected chi connectivity index (χ0v) is 23.3. The lowest BCUT2D eigenvalue weighted by Gasteiger charge is -2.14. The van der Waals surface area contributed by atoms with E-state index in [1.165, 1.54) is 17.3 Å². The summed E-state index contributed by atoms with van der Waals surface area (Å²) in [6.07, 6.45) is 0.230. The Morgan fingerprint density at radius 1 is 1.16 bits per heavy atom. The van der Waals surface area contributed by atoms with Crippen molar-refractivity contribution in [2.75, 3.05) is 11.1 Å². The first-order valence-electron chi connectivity index (χ1n) is 11.7. The number of anilines is 1. The fourth-order valence-corrected chi connectivity index (χ4v) is 5.30. The smallest absolute Gasteiger partial charge is 0.341 e. The molecule has 0 aliphatic heterocycles. The predicted molar refractivity (Wildman–Crippen MR) is 143 cm³/mol. The molecular formula is C25H31N5O5S2. The van der Waals surface area contributed by atoms with Gasteiger partial charge < -0.3 is 25.1 Å². The number of aryl methyl sites for hydroxylation is 1. The summed E-state index contributed by atoms with van der Waals surface area (Å²) >= 11 is 2.13. The van der Waals surface area contributed by atoms with Crippen molar-refractivity contribution in [3.05, 3.63) is 51.7 Å². The number of nitrogens with two attached hydrogens (primary N) is 1. The first-order chi connectivity index (χ1) is 17.5. The quantitative estimate of drug-likeness (QED) is 0.269. The van der Waals surface area contributed by atoms with E-state index < -0.39 is 11.9 Å². The van der Waals surface area contributed by atoms with Crippen molar-refractivity contribution >= 4 is 45.9 Å². The molecule has 0 saturated carbocycles. The number of ether oxygens (including phenoxy) is 2. The fraction of sp³-hybridized carbons (Fsp3) is 0.400. The van der Waals surface area contributed by atoms with Crippen LogP contribution in [0, 0.1) is 6.92 Å². The van der Waals surface area contributed by atoms with Gasteiger partial charge in [0, 0.05) is 7.05 Å². The highest BCUT2D eigenvalue weighted by Gasteiger charge is 2.26. The molecule has 198 valence electrons.